The molecule has 174 valence electrons. The number of nitrogens with zero attached hydrogens (tertiary/aromatic N) is 2. The molecule has 2 aliphatic heterocycles. The van der Waals surface area contributed by atoms with E-state index in [1.807, 2.05) is 34.6 Å². The molecular formula is C24H27N3O5S. The Morgan fingerprint density at radius 3 is 2.73 bits per heavy atom. The van der Waals surface area contributed by atoms with E-state index in [9.17, 15) is 13.8 Å². The van der Waals surface area contributed by atoms with Crippen molar-refractivity contribution in [3.05, 3.63) is 42.2 Å². The van der Waals surface area contributed by atoms with Gasteiger partial charge in [-0.2, -0.15) is 0 Å². The fraction of sp³-hybridized carbons (Fsp3) is 0.417. The second kappa shape index (κ2) is 9.24. The lowest BCUT2D eigenvalue weighted by Gasteiger charge is -2.32. The average Bonchev–Trinajstić information content (AvgIpc) is 3.23. The Labute approximate surface area is 194 Å². The number of rotatable bonds is 6. The number of benzene rings is 2. The molecule has 0 saturated carbocycles. The van der Waals surface area contributed by atoms with Crippen LogP contribution in [0.25, 0.3) is 21.7 Å². The molecule has 0 aliphatic carbocycles. The highest BCUT2D eigenvalue weighted by Gasteiger charge is 2.31. The van der Waals surface area contributed by atoms with Crippen LogP contribution >= 0.6 is 0 Å². The van der Waals surface area contributed by atoms with Crippen molar-refractivity contribution in [1.29, 1.82) is 0 Å². The molecule has 33 heavy (non-hydrogen) atoms. The third-order valence-corrected chi connectivity index (χ3v) is 7.63. The van der Waals surface area contributed by atoms with Gasteiger partial charge in [0.1, 0.15) is 17.9 Å². The summed E-state index contributed by atoms with van der Waals surface area (Å²) in [6, 6.07) is 9.86. The first-order chi connectivity index (χ1) is 16.0. The fourth-order valence-electron chi connectivity index (χ4n) is 4.71. The molecule has 3 aromatic rings. The lowest BCUT2D eigenvalue weighted by atomic mass is 9.89. The molecule has 1 aromatic heterocycles. The number of ether oxygens (including phenoxy) is 1. The maximum Gasteiger partial charge on any atom is 0.234 e. The van der Waals surface area contributed by atoms with Gasteiger partial charge in [-0.15, -0.1) is 0 Å². The van der Waals surface area contributed by atoms with Crippen LogP contribution in [0.4, 0.5) is 0 Å². The number of nitrogens with one attached hydrogen (secondary N) is 1. The Hall–Kier alpha value is -2.75. The van der Waals surface area contributed by atoms with Crippen LogP contribution in [0.1, 0.15) is 24.3 Å². The minimum absolute atomic E-state index is 0.224. The van der Waals surface area contributed by atoms with E-state index in [1.54, 1.807) is 12.5 Å². The van der Waals surface area contributed by atoms with Crippen molar-refractivity contribution in [2.75, 3.05) is 45.6 Å². The molecule has 8 nitrogen and oxygen atoms in total. The lowest BCUT2D eigenvalue weighted by molar-refractivity contribution is -0.134. The van der Waals surface area contributed by atoms with Gasteiger partial charge in [-0.3, -0.25) is 19.8 Å². The van der Waals surface area contributed by atoms with Crippen LogP contribution < -0.4 is 10.1 Å². The van der Waals surface area contributed by atoms with Crippen LogP contribution in [-0.2, 0) is 20.6 Å². The van der Waals surface area contributed by atoms with Crippen LogP contribution in [-0.4, -0.2) is 70.8 Å². The second-order valence-electron chi connectivity index (χ2n) is 8.56. The van der Waals surface area contributed by atoms with E-state index in [1.165, 1.54) is 0 Å². The molecule has 0 radical (unpaired) electrons. The second-order valence-corrected chi connectivity index (χ2v) is 9.92. The predicted octanol–water partition coefficient (Wildman–Crippen LogP) is 2.40. The van der Waals surface area contributed by atoms with Crippen LogP contribution in [0.2, 0.25) is 0 Å². The third-order valence-electron chi connectivity index (χ3n) is 6.54. The normalized spacial score (nSPS) is 21.4. The van der Waals surface area contributed by atoms with Crippen LogP contribution in [0.5, 0.6) is 5.75 Å². The van der Waals surface area contributed by atoms with Crippen molar-refractivity contribution < 1.29 is 23.0 Å². The van der Waals surface area contributed by atoms with E-state index in [0.29, 0.717) is 19.4 Å². The number of imide groups is 1. The number of carbonyl (C=O) groups is 2. The summed E-state index contributed by atoms with van der Waals surface area (Å²) in [5.74, 6) is -0.0906. The molecule has 2 saturated heterocycles. The van der Waals surface area contributed by atoms with E-state index in [4.69, 9.17) is 9.15 Å². The highest BCUT2D eigenvalue weighted by atomic mass is 32.2. The molecule has 2 fully saturated rings. The maximum atomic E-state index is 12.4. The number of hydrogen-bond donors (Lipinski definition) is 1. The first-order valence-corrected chi connectivity index (χ1v) is 12.7. The number of piperidine rings is 1. The Bertz CT molecular complexity index is 1230. The molecule has 5 rings (SSSR count). The van der Waals surface area contributed by atoms with E-state index in [2.05, 4.69) is 10.2 Å². The predicted molar refractivity (Wildman–Crippen MR) is 126 cm³/mol. The van der Waals surface area contributed by atoms with E-state index < -0.39 is 16.9 Å². The molecular weight excluding hydrogens is 442 g/mol. The summed E-state index contributed by atoms with van der Waals surface area (Å²) in [5, 5.41) is 5.36. The molecule has 0 bridgehead atoms. The number of hydrogen-bond acceptors (Lipinski definition) is 6. The summed E-state index contributed by atoms with van der Waals surface area (Å²) in [6.07, 6.45) is 4.18. The van der Waals surface area contributed by atoms with Gasteiger partial charge >= 0.3 is 0 Å². The number of amides is 2. The SMILES string of the molecule is CS(=O)N1CCN(CCOc2ccc3c(ccc4occ(C5CCC(=O)NC5=O)c43)c2)CC1. The van der Waals surface area contributed by atoms with Crippen molar-refractivity contribution >= 4 is 44.5 Å². The van der Waals surface area contributed by atoms with Crippen molar-refractivity contribution in [3.63, 3.8) is 0 Å². The van der Waals surface area contributed by atoms with Crippen molar-refractivity contribution in [2.24, 2.45) is 0 Å². The van der Waals surface area contributed by atoms with Crippen LogP contribution in [0.15, 0.2) is 41.0 Å². The average molecular weight is 470 g/mol. The molecule has 2 unspecified atom stereocenters. The van der Waals surface area contributed by atoms with Gasteiger partial charge in [0.25, 0.3) is 0 Å². The summed E-state index contributed by atoms with van der Waals surface area (Å²) in [6.45, 7) is 4.81. The molecule has 1 N–H and O–H groups in total. The molecule has 2 aromatic carbocycles. The number of piperazine rings is 1. The largest absolute Gasteiger partial charge is 0.492 e. The smallest absolute Gasteiger partial charge is 0.234 e. The molecule has 3 heterocycles. The van der Waals surface area contributed by atoms with Gasteiger partial charge in [-0.1, -0.05) is 6.07 Å². The number of furan rings is 1. The van der Waals surface area contributed by atoms with Gasteiger partial charge in [0.2, 0.25) is 11.8 Å². The minimum atomic E-state index is -0.899. The zero-order valence-corrected chi connectivity index (χ0v) is 19.4. The molecule has 0 spiro atoms. The van der Waals surface area contributed by atoms with Gasteiger partial charge in [0, 0.05) is 56.4 Å². The Morgan fingerprint density at radius 1 is 1.15 bits per heavy atom. The van der Waals surface area contributed by atoms with Crippen molar-refractivity contribution in [1.82, 2.24) is 14.5 Å². The van der Waals surface area contributed by atoms with Gasteiger partial charge < -0.3 is 9.15 Å². The van der Waals surface area contributed by atoms with E-state index in [0.717, 1.165) is 65.8 Å². The first-order valence-electron chi connectivity index (χ1n) is 11.2. The summed E-state index contributed by atoms with van der Waals surface area (Å²) in [5.41, 5.74) is 1.55. The Balaban J connectivity index is 1.30. The van der Waals surface area contributed by atoms with E-state index >= 15 is 0 Å². The molecule has 2 aliphatic rings. The number of carbonyl (C=O) groups excluding carboxylic acids is 2. The highest BCUT2D eigenvalue weighted by Crippen LogP contribution is 2.37. The minimum Gasteiger partial charge on any atom is -0.492 e. The molecule has 2 atom stereocenters. The van der Waals surface area contributed by atoms with Gasteiger partial charge in [0.05, 0.1) is 23.2 Å². The first kappa shape index (κ1) is 22.1. The topological polar surface area (TPSA) is 92.1 Å². The molecule has 2 amide bonds. The standard InChI is InChI=1S/C24H27N3O5S/c1-33(30)27-10-8-26(9-11-27)12-13-31-17-3-4-18-16(14-17)2-6-21-23(18)20(15-32-21)19-5-7-22(28)25-24(19)29/h2-4,6,14-15,19H,5,7-13H2,1H3,(H,25,28,29). The van der Waals surface area contributed by atoms with Gasteiger partial charge in [-0.25, -0.2) is 8.51 Å². The Kier molecular flexibility index (Phi) is 6.18. The maximum absolute atomic E-state index is 12.4. The van der Waals surface area contributed by atoms with Crippen LogP contribution in [0, 0.1) is 0 Å². The van der Waals surface area contributed by atoms with Crippen LogP contribution in [0.3, 0.4) is 0 Å². The fourth-order valence-corrected chi connectivity index (χ4v) is 5.39. The monoisotopic (exact) mass is 469 g/mol. The van der Waals surface area contributed by atoms with Gasteiger partial charge in [0.15, 0.2) is 0 Å². The van der Waals surface area contributed by atoms with Crippen molar-refractivity contribution in [2.45, 2.75) is 18.8 Å². The number of fused-ring (bicyclic) bond motifs is 3. The summed E-state index contributed by atoms with van der Waals surface area (Å²) in [7, 11) is -0.899. The quantitative estimate of drug-likeness (QED) is 0.558. The summed E-state index contributed by atoms with van der Waals surface area (Å²) < 4.78 is 25.3. The van der Waals surface area contributed by atoms with Crippen molar-refractivity contribution in [3.8, 4) is 5.75 Å². The molecule has 9 heteroatoms. The Morgan fingerprint density at radius 2 is 1.97 bits per heavy atom. The lowest BCUT2D eigenvalue weighted by Crippen LogP contribution is -2.47. The van der Waals surface area contributed by atoms with Gasteiger partial charge in [-0.05, 0) is 41.5 Å². The summed E-state index contributed by atoms with van der Waals surface area (Å²) >= 11 is 0. The zero-order chi connectivity index (χ0) is 22.9. The van der Waals surface area contributed by atoms with E-state index in [-0.39, 0.29) is 11.8 Å². The summed E-state index contributed by atoms with van der Waals surface area (Å²) in [4.78, 5) is 26.3. The highest BCUT2D eigenvalue weighted by molar-refractivity contribution is 7.81. The third kappa shape index (κ3) is 4.53. The zero-order valence-electron chi connectivity index (χ0n) is 18.5.